The van der Waals surface area contributed by atoms with Crippen LogP contribution in [-0.2, 0) is 4.74 Å². The Kier molecular flexibility index (Phi) is 4.70. The van der Waals surface area contributed by atoms with Crippen molar-refractivity contribution in [2.24, 2.45) is 0 Å². The van der Waals surface area contributed by atoms with E-state index < -0.39 is 5.97 Å². The molecule has 1 saturated carbocycles. The van der Waals surface area contributed by atoms with Crippen molar-refractivity contribution in [3.05, 3.63) is 28.3 Å². The lowest BCUT2D eigenvalue weighted by atomic mass is 9.97. The van der Waals surface area contributed by atoms with Crippen molar-refractivity contribution in [3.8, 4) is 5.75 Å². The second-order valence-electron chi connectivity index (χ2n) is 4.95. The van der Waals surface area contributed by atoms with E-state index in [2.05, 4.69) is 0 Å². The molecule has 0 spiro atoms. The minimum absolute atomic E-state index is 0.233. The molecule has 3 nitrogen and oxygen atoms in total. The molecule has 0 aliphatic heterocycles. The van der Waals surface area contributed by atoms with Crippen LogP contribution in [0.2, 0.25) is 5.02 Å². The minimum Gasteiger partial charge on any atom is -0.490 e. The van der Waals surface area contributed by atoms with Gasteiger partial charge >= 0.3 is 5.97 Å². The van der Waals surface area contributed by atoms with Gasteiger partial charge in [-0.05, 0) is 44.7 Å². The first-order chi connectivity index (χ1) is 9.11. The number of hydrogen-bond donors (Lipinski definition) is 0. The largest absolute Gasteiger partial charge is 0.490 e. The number of carbonyl (C=O) groups excluding carboxylic acids is 1. The van der Waals surface area contributed by atoms with E-state index in [0.717, 1.165) is 18.4 Å². The molecule has 19 heavy (non-hydrogen) atoms. The summed E-state index contributed by atoms with van der Waals surface area (Å²) >= 11 is 6.15. The van der Waals surface area contributed by atoms with Gasteiger partial charge in [0, 0.05) is 10.6 Å². The maximum atomic E-state index is 11.6. The van der Waals surface area contributed by atoms with Crippen LogP contribution in [0.25, 0.3) is 0 Å². The molecular formula is C15H19ClO3. The Morgan fingerprint density at radius 1 is 1.26 bits per heavy atom. The van der Waals surface area contributed by atoms with Gasteiger partial charge in [-0.1, -0.05) is 18.0 Å². The molecule has 1 aliphatic rings. The Morgan fingerprint density at radius 2 is 1.95 bits per heavy atom. The fourth-order valence-electron chi connectivity index (χ4n) is 2.37. The van der Waals surface area contributed by atoms with Crippen LogP contribution in [0.1, 0.15) is 48.0 Å². The molecule has 2 rings (SSSR count). The van der Waals surface area contributed by atoms with Crippen LogP contribution in [0.3, 0.4) is 0 Å². The van der Waals surface area contributed by atoms with Crippen molar-refractivity contribution in [2.45, 2.75) is 45.1 Å². The van der Waals surface area contributed by atoms with Gasteiger partial charge in [0.25, 0.3) is 0 Å². The normalized spacial score (nSPS) is 16.2. The van der Waals surface area contributed by atoms with Crippen molar-refractivity contribution < 1.29 is 14.3 Å². The third-order valence-electron chi connectivity index (χ3n) is 3.56. The number of benzene rings is 1. The minimum atomic E-state index is -0.393. The van der Waals surface area contributed by atoms with E-state index in [1.807, 2.05) is 6.92 Å². The molecule has 0 unspecified atom stereocenters. The molecule has 0 bridgehead atoms. The fraction of sp³-hybridized carbons (Fsp3) is 0.533. The quantitative estimate of drug-likeness (QED) is 0.782. The molecule has 0 atom stereocenters. The maximum absolute atomic E-state index is 11.6. The van der Waals surface area contributed by atoms with Gasteiger partial charge in [0.15, 0.2) is 0 Å². The Labute approximate surface area is 118 Å². The van der Waals surface area contributed by atoms with Gasteiger partial charge in [0.05, 0.1) is 18.8 Å². The first kappa shape index (κ1) is 14.2. The topological polar surface area (TPSA) is 35.5 Å². The molecule has 1 aromatic rings. The van der Waals surface area contributed by atoms with E-state index in [0.29, 0.717) is 16.3 Å². The van der Waals surface area contributed by atoms with Crippen LogP contribution in [-0.4, -0.2) is 19.2 Å². The summed E-state index contributed by atoms with van der Waals surface area (Å²) in [6, 6.07) is 3.35. The molecule has 1 aromatic carbocycles. The number of hydrogen-bond acceptors (Lipinski definition) is 3. The average molecular weight is 283 g/mol. The van der Waals surface area contributed by atoms with Crippen molar-refractivity contribution in [3.63, 3.8) is 0 Å². The van der Waals surface area contributed by atoms with Gasteiger partial charge in [0.2, 0.25) is 0 Å². The smallest absolute Gasteiger partial charge is 0.338 e. The standard InChI is InChI=1S/C15H19ClO3/c1-10-13(16)8-11(15(17)18-2)9-14(10)19-12-6-4-3-5-7-12/h8-9,12H,3-7H2,1-2H3. The number of ether oxygens (including phenoxy) is 2. The van der Waals surface area contributed by atoms with Crippen LogP contribution in [0, 0.1) is 6.92 Å². The Balaban J connectivity index is 2.22. The molecule has 4 heteroatoms. The number of esters is 1. The Hall–Kier alpha value is -1.22. The van der Waals surface area contributed by atoms with Crippen LogP contribution >= 0.6 is 11.6 Å². The first-order valence-electron chi connectivity index (χ1n) is 6.67. The molecule has 0 aromatic heterocycles. The van der Waals surface area contributed by atoms with E-state index >= 15 is 0 Å². The Bertz CT molecular complexity index is 465. The summed E-state index contributed by atoms with van der Waals surface area (Å²) < 4.78 is 10.7. The molecule has 104 valence electrons. The molecule has 1 aliphatic carbocycles. The van der Waals surface area contributed by atoms with Gasteiger partial charge < -0.3 is 9.47 Å². The lowest BCUT2D eigenvalue weighted by Crippen LogP contribution is -2.20. The summed E-state index contributed by atoms with van der Waals surface area (Å²) in [7, 11) is 1.36. The second kappa shape index (κ2) is 6.29. The predicted octanol–water partition coefficient (Wildman–Crippen LogP) is 4.15. The third-order valence-corrected chi connectivity index (χ3v) is 3.96. The van der Waals surface area contributed by atoms with E-state index in [4.69, 9.17) is 21.1 Å². The number of rotatable bonds is 3. The van der Waals surface area contributed by atoms with Gasteiger partial charge in [-0.15, -0.1) is 0 Å². The summed E-state index contributed by atoms with van der Waals surface area (Å²) in [5, 5.41) is 0.536. The predicted molar refractivity (Wildman–Crippen MR) is 75.0 cm³/mol. The lowest BCUT2D eigenvalue weighted by Gasteiger charge is -2.24. The molecular weight excluding hydrogens is 264 g/mol. The number of carbonyl (C=O) groups is 1. The zero-order valence-electron chi connectivity index (χ0n) is 11.4. The third kappa shape index (κ3) is 3.41. The molecule has 0 N–H and O–H groups in total. The first-order valence-corrected chi connectivity index (χ1v) is 7.04. The number of methoxy groups -OCH3 is 1. The van der Waals surface area contributed by atoms with Gasteiger partial charge in [-0.2, -0.15) is 0 Å². The van der Waals surface area contributed by atoms with Gasteiger partial charge in [-0.3, -0.25) is 0 Å². The second-order valence-corrected chi connectivity index (χ2v) is 5.36. The molecule has 0 radical (unpaired) electrons. The zero-order valence-corrected chi connectivity index (χ0v) is 12.1. The van der Waals surface area contributed by atoms with Crippen molar-refractivity contribution in [2.75, 3.05) is 7.11 Å². The SMILES string of the molecule is COC(=O)c1cc(Cl)c(C)c(OC2CCCCC2)c1. The fourth-order valence-corrected chi connectivity index (χ4v) is 2.58. The van der Waals surface area contributed by atoms with Gasteiger partial charge in [-0.25, -0.2) is 4.79 Å². The highest BCUT2D eigenvalue weighted by Crippen LogP contribution is 2.31. The van der Waals surface area contributed by atoms with Gasteiger partial charge in [0.1, 0.15) is 5.75 Å². The average Bonchev–Trinajstić information content (AvgIpc) is 2.44. The zero-order chi connectivity index (χ0) is 13.8. The summed E-state index contributed by atoms with van der Waals surface area (Å²) in [4.78, 5) is 11.6. The molecule has 0 amide bonds. The van der Waals surface area contributed by atoms with Crippen LogP contribution in [0.5, 0.6) is 5.75 Å². The summed E-state index contributed by atoms with van der Waals surface area (Å²) in [6.07, 6.45) is 6.06. The van der Waals surface area contributed by atoms with E-state index in [-0.39, 0.29) is 6.10 Å². The Morgan fingerprint density at radius 3 is 2.58 bits per heavy atom. The van der Waals surface area contributed by atoms with Crippen LogP contribution < -0.4 is 4.74 Å². The van der Waals surface area contributed by atoms with Crippen LogP contribution in [0.15, 0.2) is 12.1 Å². The summed E-state index contributed by atoms with van der Waals surface area (Å²) in [5.41, 5.74) is 1.31. The molecule has 0 heterocycles. The van der Waals surface area contributed by atoms with Crippen LogP contribution in [0.4, 0.5) is 0 Å². The summed E-state index contributed by atoms with van der Waals surface area (Å²) in [5.74, 6) is 0.301. The highest BCUT2D eigenvalue weighted by atomic mass is 35.5. The van der Waals surface area contributed by atoms with Crippen molar-refractivity contribution >= 4 is 17.6 Å². The van der Waals surface area contributed by atoms with E-state index in [1.165, 1.54) is 26.4 Å². The van der Waals surface area contributed by atoms with Crippen molar-refractivity contribution in [1.82, 2.24) is 0 Å². The molecule has 1 fully saturated rings. The molecule has 0 saturated heterocycles. The van der Waals surface area contributed by atoms with E-state index in [1.54, 1.807) is 12.1 Å². The maximum Gasteiger partial charge on any atom is 0.338 e. The number of halogens is 1. The lowest BCUT2D eigenvalue weighted by molar-refractivity contribution is 0.0599. The van der Waals surface area contributed by atoms with Crippen molar-refractivity contribution in [1.29, 1.82) is 0 Å². The highest BCUT2D eigenvalue weighted by molar-refractivity contribution is 6.31. The monoisotopic (exact) mass is 282 g/mol. The van der Waals surface area contributed by atoms with E-state index in [9.17, 15) is 4.79 Å². The summed E-state index contributed by atoms with van der Waals surface area (Å²) in [6.45, 7) is 1.90. The highest BCUT2D eigenvalue weighted by Gasteiger charge is 2.18.